The molecule has 11 nitrogen and oxygen atoms in total. The normalized spacial score (nSPS) is 15.7. The summed E-state index contributed by atoms with van der Waals surface area (Å²) < 4.78 is 53.4. The van der Waals surface area contributed by atoms with Gasteiger partial charge >= 0.3 is 6.18 Å². The van der Waals surface area contributed by atoms with Crippen LogP contribution in [0, 0.1) is 0 Å². The molecule has 2 aliphatic rings. The van der Waals surface area contributed by atoms with Crippen LogP contribution in [0.25, 0.3) is 22.4 Å². The van der Waals surface area contributed by atoms with E-state index < -0.39 is 41.5 Å². The van der Waals surface area contributed by atoms with E-state index in [0.29, 0.717) is 27.4 Å². The summed E-state index contributed by atoms with van der Waals surface area (Å²) >= 11 is 6.01. The molecule has 2 N–H and O–H groups in total. The zero-order valence-corrected chi connectivity index (χ0v) is 29.2. The van der Waals surface area contributed by atoms with E-state index in [2.05, 4.69) is 10.4 Å². The maximum absolute atomic E-state index is 13.6. The number of imide groups is 2. The number of fused-ring (bicyclic) bond motifs is 1. The Morgan fingerprint density at radius 1 is 0.870 bits per heavy atom. The molecule has 276 valence electrons. The van der Waals surface area contributed by atoms with Crippen LogP contribution in [0.5, 0.6) is 17.2 Å². The Kier molecular flexibility index (Phi) is 9.62. The first kappa shape index (κ1) is 36.2. The molecule has 2 aliphatic heterocycles. The molecule has 0 bridgehead atoms. The number of aromatic nitrogens is 2. The summed E-state index contributed by atoms with van der Waals surface area (Å²) in [6.07, 6.45) is -4.15. The summed E-state index contributed by atoms with van der Waals surface area (Å²) in [7, 11) is 1.18. The quantitative estimate of drug-likeness (QED) is 0.150. The third-order valence-corrected chi connectivity index (χ3v) is 9.46. The number of rotatable bonds is 10. The summed E-state index contributed by atoms with van der Waals surface area (Å²) in [5, 5.41) is 18.3. The minimum Gasteiger partial charge on any atom is -0.506 e. The highest BCUT2D eigenvalue weighted by atomic mass is 35.5. The number of carbonyl (C=O) groups excluding carboxylic acids is 4. The molecule has 1 aromatic heterocycles. The summed E-state index contributed by atoms with van der Waals surface area (Å²) in [5.41, 5.74) is 1.71. The number of piperidine rings is 1. The zero-order valence-electron chi connectivity index (χ0n) is 28.4. The number of amides is 4. The molecule has 3 heterocycles. The predicted octanol–water partition coefficient (Wildman–Crippen LogP) is 6.73. The number of alkyl halides is 3. The maximum Gasteiger partial charge on any atom is 0.433 e. The molecule has 1 unspecified atom stereocenters. The van der Waals surface area contributed by atoms with Crippen molar-refractivity contribution in [2.45, 2.75) is 38.1 Å². The van der Waals surface area contributed by atoms with E-state index in [1.54, 1.807) is 60.7 Å². The molecule has 1 saturated heterocycles. The molecule has 4 aromatic carbocycles. The SMILES string of the molecule is Cn1nc(-c2ccc(OCc3ccc(Cl)cc3)c(-c3ccc(CCOc4ccc5c(c4)C(=O)N(C4CCC(=O)NC4=O)C5=O)cc3)c2O)cc1C(F)(F)F. The van der Waals surface area contributed by atoms with Gasteiger partial charge in [0.15, 0.2) is 0 Å². The number of aromatic hydroxyl groups is 1. The third kappa shape index (κ3) is 7.12. The van der Waals surface area contributed by atoms with Crippen molar-refractivity contribution in [2.75, 3.05) is 6.61 Å². The molecule has 0 spiro atoms. The molecule has 0 radical (unpaired) electrons. The lowest BCUT2D eigenvalue weighted by Gasteiger charge is -2.27. The largest absolute Gasteiger partial charge is 0.506 e. The van der Waals surface area contributed by atoms with Crippen LogP contribution in [0.2, 0.25) is 5.02 Å². The summed E-state index contributed by atoms with van der Waals surface area (Å²) in [5.74, 6) is -2.09. The predicted molar refractivity (Wildman–Crippen MR) is 189 cm³/mol. The lowest BCUT2D eigenvalue weighted by Crippen LogP contribution is -2.54. The summed E-state index contributed by atoms with van der Waals surface area (Å²) in [6, 6.07) is 21.4. The third-order valence-electron chi connectivity index (χ3n) is 9.21. The number of nitrogens with one attached hydrogen (secondary N) is 1. The molecule has 4 amide bonds. The molecular weight excluding hydrogens is 729 g/mol. The van der Waals surface area contributed by atoms with E-state index in [4.69, 9.17) is 21.1 Å². The molecule has 0 saturated carbocycles. The highest BCUT2D eigenvalue weighted by Crippen LogP contribution is 2.45. The molecule has 1 fully saturated rings. The summed E-state index contributed by atoms with van der Waals surface area (Å²) in [6.45, 7) is 0.312. The van der Waals surface area contributed by atoms with Crippen LogP contribution in [0.3, 0.4) is 0 Å². The van der Waals surface area contributed by atoms with Crippen LogP contribution in [-0.2, 0) is 35.8 Å². The van der Waals surface area contributed by atoms with Crippen LogP contribution in [0.4, 0.5) is 13.2 Å². The molecular formula is C39H30ClF3N4O7. The first-order valence-electron chi connectivity index (χ1n) is 16.7. The number of ether oxygens (including phenoxy) is 2. The molecule has 0 aliphatic carbocycles. The summed E-state index contributed by atoms with van der Waals surface area (Å²) in [4.78, 5) is 51.0. The fraction of sp³-hybridized carbons (Fsp3) is 0.205. The second kappa shape index (κ2) is 14.3. The fourth-order valence-electron chi connectivity index (χ4n) is 6.45. The second-order valence-electron chi connectivity index (χ2n) is 12.7. The molecule has 5 aromatic rings. The van der Waals surface area contributed by atoms with E-state index in [1.165, 1.54) is 25.2 Å². The first-order valence-corrected chi connectivity index (χ1v) is 17.1. The van der Waals surface area contributed by atoms with Gasteiger partial charge in [0.25, 0.3) is 11.8 Å². The fourth-order valence-corrected chi connectivity index (χ4v) is 6.58. The van der Waals surface area contributed by atoms with Crippen molar-refractivity contribution in [3.63, 3.8) is 0 Å². The van der Waals surface area contributed by atoms with Crippen LogP contribution in [-0.4, -0.2) is 56.1 Å². The molecule has 1 atom stereocenters. The number of phenols is 1. The van der Waals surface area contributed by atoms with Crippen molar-refractivity contribution in [1.29, 1.82) is 0 Å². The molecule has 15 heteroatoms. The average Bonchev–Trinajstić information content (AvgIpc) is 3.65. The highest BCUT2D eigenvalue weighted by Gasteiger charge is 2.44. The van der Waals surface area contributed by atoms with Crippen molar-refractivity contribution in [2.24, 2.45) is 7.05 Å². The Balaban J connectivity index is 1.08. The Labute approximate surface area is 310 Å². The number of aryl methyl sites for hydroxylation is 1. The second-order valence-corrected chi connectivity index (χ2v) is 13.2. The average molecular weight is 759 g/mol. The Hall–Kier alpha value is -6.15. The van der Waals surface area contributed by atoms with Crippen molar-refractivity contribution in [3.8, 4) is 39.6 Å². The number of hydrogen-bond donors (Lipinski definition) is 2. The van der Waals surface area contributed by atoms with Crippen LogP contribution < -0.4 is 14.8 Å². The number of phenolic OH excluding ortho intramolecular Hbond substituents is 1. The Bertz CT molecular complexity index is 2310. The van der Waals surface area contributed by atoms with E-state index in [0.717, 1.165) is 22.1 Å². The van der Waals surface area contributed by atoms with Gasteiger partial charge in [0.1, 0.15) is 35.6 Å². The van der Waals surface area contributed by atoms with Crippen LogP contribution >= 0.6 is 11.6 Å². The van der Waals surface area contributed by atoms with Gasteiger partial charge in [-0.15, -0.1) is 0 Å². The van der Waals surface area contributed by atoms with Gasteiger partial charge < -0.3 is 14.6 Å². The van der Waals surface area contributed by atoms with Crippen LogP contribution in [0.1, 0.15) is 50.4 Å². The van der Waals surface area contributed by atoms with Gasteiger partial charge in [0.2, 0.25) is 11.8 Å². The van der Waals surface area contributed by atoms with E-state index in [1.807, 2.05) is 0 Å². The van der Waals surface area contributed by atoms with Crippen LogP contribution in [0.15, 0.2) is 84.9 Å². The topological polar surface area (TPSA) is 140 Å². The van der Waals surface area contributed by atoms with Gasteiger partial charge in [-0.1, -0.05) is 48.0 Å². The van der Waals surface area contributed by atoms with Gasteiger partial charge in [0, 0.05) is 30.5 Å². The van der Waals surface area contributed by atoms with Crippen molar-refractivity contribution in [1.82, 2.24) is 20.0 Å². The van der Waals surface area contributed by atoms with Gasteiger partial charge in [-0.25, -0.2) is 0 Å². The minimum atomic E-state index is -4.64. The minimum absolute atomic E-state index is 0.0171. The van der Waals surface area contributed by atoms with Crippen molar-refractivity contribution >= 4 is 35.2 Å². The molecule has 54 heavy (non-hydrogen) atoms. The molecule has 7 rings (SSSR count). The zero-order chi connectivity index (χ0) is 38.3. The van der Waals surface area contributed by atoms with E-state index in [-0.39, 0.29) is 65.5 Å². The highest BCUT2D eigenvalue weighted by molar-refractivity contribution is 6.30. The standard InChI is InChI=1S/C39H30ClF3N4O7/c1-46-32(39(41,42)43)19-29(45-46)27-12-14-31(54-20-22-4-8-24(40)9-5-22)34(35(27)49)23-6-2-21(3-7-23)16-17-53-25-10-11-26-28(18-25)38(52)47(37(26)51)30-13-15-33(48)44-36(30)50/h2-12,14,18-19,30,49H,13,15-17,20H2,1H3,(H,44,48,50). The van der Waals surface area contributed by atoms with E-state index in [9.17, 15) is 37.5 Å². The van der Waals surface area contributed by atoms with Crippen molar-refractivity contribution in [3.05, 3.63) is 118 Å². The van der Waals surface area contributed by atoms with Gasteiger partial charge in [0.05, 0.1) is 29.0 Å². The monoisotopic (exact) mass is 758 g/mol. The Morgan fingerprint density at radius 2 is 1.56 bits per heavy atom. The maximum atomic E-state index is 13.6. The Morgan fingerprint density at radius 3 is 2.24 bits per heavy atom. The van der Waals surface area contributed by atoms with E-state index >= 15 is 0 Å². The lowest BCUT2D eigenvalue weighted by molar-refractivity contribution is -0.143. The number of halogens is 4. The number of nitrogens with zero attached hydrogens (tertiary/aromatic N) is 3. The number of benzene rings is 4. The smallest absolute Gasteiger partial charge is 0.433 e. The van der Waals surface area contributed by atoms with Gasteiger partial charge in [-0.3, -0.25) is 34.1 Å². The van der Waals surface area contributed by atoms with Gasteiger partial charge in [-0.2, -0.15) is 18.3 Å². The number of carbonyl (C=O) groups is 4. The van der Waals surface area contributed by atoms with Crippen molar-refractivity contribution < 1.29 is 46.9 Å². The lowest BCUT2D eigenvalue weighted by atomic mass is 9.97. The van der Waals surface area contributed by atoms with Gasteiger partial charge in [-0.05, 0) is 71.6 Å². The first-order chi connectivity index (χ1) is 25.8. The number of hydrogen-bond acceptors (Lipinski definition) is 8.